The fraction of sp³-hybridized carbons (Fsp3) is 0.455. The molecule has 1 aliphatic rings. The van der Waals surface area contributed by atoms with E-state index in [2.05, 4.69) is 19.2 Å². The topological polar surface area (TPSA) is 81.0 Å². The summed E-state index contributed by atoms with van der Waals surface area (Å²) >= 11 is 0. The Balaban J connectivity index is 1.82. The second-order valence-electron chi connectivity index (χ2n) is 7.19. The minimum atomic E-state index is -0.623. The van der Waals surface area contributed by atoms with Crippen LogP contribution in [0.1, 0.15) is 48.6 Å². The molecule has 2 heterocycles. The Morgan fingerprint density at radius 1 is 1.28 bits per heavy atom. The number of nitrogens with one attached hydrogen (secondary N) is 1. The molecule has 29 heavy (non-hydrogen) atoms. The third kappa shape index (κ3) is 4.55. The first kappa shape index (κ1) is 20.8. The van der Waals surface area contributed by atoms with Gasteiger partial charge in [-0.2, -0.15) is 0 Å². The molecule has 0 saturated heterocycles. The third-order valence-corrected chi connectivity index (χ3v) is 5.17. The lowest BCUT2D eigenvalue weighted by Gasteiger charge is -2.35. The highest BCUT2D eigenvalue weighted by Crippen LogP contribution is 2.34. The number of fused-ring (bicyclic) bond motifs is 1. The highest BCUT2D eigenvalue weighted by atomic mass is 16.5. The van der Waals surface area contributed by atoms with Crippen molar-refractivity contribution in [1.82, 2.24) is 5.32 Å². The summed E-state index contributed by atoms with van der Waals surface area (Å²) < 4.78 is 16.5. The molecule has 0 fully saturated rings. The van der Waals surface area contributed by atoms with Crippen molar-refractivity contribution in [3.05, 3.63) is 47.4 Å². The maximum absolute atomic E-state index is 12.8. The average Bonchev–Trinajstić information content (AvgIpc) is 3.11. The lowest BCUT2D eigenvalue weighted by atomic mass is 10.1. The van der Waals surface area contributed by atoms with E-state index in [9.17, 15) is 9.59 Å². The van der Waals surface area contributed by atoms with E-state index < -0.39 is 12.1 Å². The van der Waals surface area contributed by atoms with Crippen LogP contribution in [0, 0.1) is 6.92 Å². The number of nitrogens with zero attached hydrogens (tertiary/aromatic N) is 1. The quantitative estimate of drug-likeness (QED) is 0.717. The standard InChI is InChI=1S/C22H28N2O5/c1-5-15(6-2)23-21(25)19-13-24(17-9-7-8-10-18(17)29-19)12-16-11-14(3)20(28-16)22(26)27-4/h7-11,15,19H,5-6,12-13H2,1-4H3,(H,23,25). The van der Waals surface area contributed by atoms with Crippen molar-refractivity contribution in [3.63, 3.8) is 0 Å². The smallest absolute Gasteiger partial charge is 0.374 e. The number of hydrogen-bond acceptors (Lipinski definition) is 6. The zero-order chi connectivity index (χ0) is 21.0. The predicted octanol–water partition coefficient (Wildman–Crippen LogP) is 3.45. The van der Waals surface area contributed by atoms with Crippen LogP contribution in [0.25, 0.3) is 0 Å². The Morgan fingerprint density at radius 3 is 2.69 bits per heavy atom. The Labute approximate surface area is 171 Å². The molecule has 1 amide bonds. The van der Waals surface area contributed by atoms with E-state index in [-0.39, 0.29) is 17.7 Å². The largest absolute Gasteiger partial charge is 0.477 e. The molecule has 156 valence electrons. The van der Waals surface area contributed by atoms with E-state index >= 15 is 0 Å². The van der Waals surface area contributed by atoms with Crippen LogP contribution in [0.15, 0.2) is 34.7 Å². The van der Waals surface area contributed by atoms with Crippen LogP contribution in [0.4, 0.5) is 5.69 Å². The van der Waals surface area contributed by atoms with Gasteiger partial charge in [-0.1, -0.05) is 26.0 Å². The number of carbonyl (C=O) groups excluding carboxylic acids is 2. The third-order valence-electron chi connectivity index (χ3n) is 5.17. The number of methoxy groups -OCH3 is 1. The first-order valence-electron chi connectivity index (χ1n) is 9.95. The second kappa shape index (κ2) is 9.03. The van der Waals surface area contributed by atoms with Crippen molar-refractivity contribution in [2.75, 3.05) is 18.6 Å². The number of furan rings is 1. The molecular weight excluding hydrogens is 372 g/mol. The summed E-state index contributed by atoms with van der Waals surface area (Å²) in [6.07, 6.45) is 1.12. The summed E-state index contributed by atoms with van der Waals surface area (Å²) in [4.78, 5) is 26.6. The highest BCUT2D eigenvalue weighted by molar-refractivity contribution is 5.88. The molecule has 7 heteroatoms. The van der Waals surface area contributed by atoms with E-state index in [1.165, 1.54) is 7.11 Å². The van der Waals surface area contributed by atoms with Crippen molar-refractivity contribution in [3.8, 4) is 5.75 Å². The normalized spacial score (nSPS) is 15.6. The minimum absolute atomic E-state index is 0.121. The molecule has 1 N–H and O–H groups in total. The van der Waals surface area contributed by atoms with Gasteiger partial charge >= 0.3 is 5.97 Å². The second-order valence-corrected chi connectivity index (χ2v) is 7.19. The first-order valence-corrected chi connectivity index (χ1v) is 9.95. The maximum Gasteiger partial charge on any atom is 0.374 e. The summed E-state index contributed by atoms with van der Waals surface area (Å²) in [7, 11) is 1.32. The van der Waals surface area contributed by atoms with Gasteiger partial charge in [0.15, 0.2) is 6.10 Å². The summed E-state index contributed by atoms with van der Waals surface area (Å²) in [6.45, 7) is 6.70. The number of carbonyl (C=O) groups is 2. The van der Waals surface area contributed by atoms with Crippen molar-refractivity contribution in [1.29, 1.82) is 0 Å². The number of aryl methyl sites for hydroxylation is 1. The molecule has 1 atom stereocenters. The van der Waals surface area contributed by atoms with Crippen LogP contribution < -0.4 is 15.0 Å². The number of amides is 1. The molecule has 0 saturated carbocycles. The SMILES string of the molecule is CCC(CC)NC(=O)C1CN(Cc2cc(C)c(C(=O)OC)o2)c2ccccc2O1. The fourth-order valence-corrected chi connectivity index (χ4v) is 3.49. The van der Waals surface area contributed by atoms with Crippen LogP contribution in [-0.4, -0.2) is 37.7 Å². The maximum atomic E-state index is 12.8. The highest BCUT2D eigenvalue weighted by Gasteiger charge is 2.32. The van der Waals surface area contributed by atoms with E-state index in [1.54, 1.807) is 6.92 Å². The average molecular weight is 400 g/mol. The van der Waals surface area contributed by atoms with Crippen LogP contribution >= 0.6 is 0 Å². The van der Waals surface area contributed by atoms with Gasteiger partial charge in [-0.25, -0.2) is 4.79 Å². The van der Waals surface area contributed by atoms with Gasteiger partial charge in [-0.3, -0.25) is 4.79 Å². The minimum Gasteiger partial charge on any atom is -0.477 e. The zero-order valence-corrected chi connectivity index (χ0v) is 17.4. The summed E-state index contributed by atoms with van der Waals surface area (Å²) in [5.74, 6) is 0.855. The number of benzene rings is 1. The van der Waals surface area contributed by atoms with Gasteiger partial charge in [0, 0.05) is 11.6 Å². The van der Waals surface area contributed by atoms with Crippen molar-refractivity contribution < 1.29 is 23.5 Å². The monoisotopic (exact) mass is 400 g/mol. The van der Waals surface area contributed by atoms with Gasteiger partial charge < -0.3 is 24.1 Å². The van der Waals surface area contributed by atoms with Gasteiger partial charge in [-0.15, -0.1) is 0 Å². The van der Waals surface area contributed by atoms with Gasteiger partial charge in [0.1, 0.15) is 11.5 Å². The lowest BCUT2D eigenvalue weighted by Crippen LogP contribution is -2.50. The van der Waals surface area contributed by atoms with Crippen molar-refractivity contribution >= 4 is 17.6 Å². The lowest BCUT2D eigenvalue weighted by molar-refractivity contribution is -0.128. The van der Waals surface area contributed by atoms with Crippen molar-refractivity contribution in [2.45, 2.75) is 52.3 Å². The molecule has 0 aliphatic carbocycles. The summed E-state index contributed by atoms with van der Waals surface area (Å²) in [6, 6.07) is 9.56. The van der Waals surface area contributed by atoms with E-state index in [0.29, 0.717) is 24.6 Å². The van der Waals surface area contributed by atoms with Gasteiger partial charge in [0.05, 0.1) is 25.9 Å². The Bertz CT molecular complexity index is 872. The number of ether oxygens (including phenoxy) is 2. The number of esters is 1. The predicted molar refractivity (Wildman–Crippen MR) is 109 cm³/mol. The van der Waals surface area contributed by atoms with Crippen LogP contribution in [0.2, 0.25) is 0 Å². The molecule has 1 aliphatic heterocycles. The van der Waals surface area contributed by atoms with Gasteiger partial charge in [0.25, 0.3) is 5.91 Å². The Kier molecular flexibility index (Phi) is 6.46. The Morgan fingerprint density at radius 2 is 2.00 bits per heavy atom. The van der Waals surface area contributed by atoms with Gasteiger partial charge in [-0.05, 0) is 38.0 Å². The number of hydrogen-bond donors (Lipinski definition) is 1. The molecule has 1 aromatic carbocycles. The van der Waals surface area contributed by atoms with E-state index in [4.69, 9.17) is 13.9 Å². The first-order chi connectivity index (χ1) is 14.0. The van der Waals surface area contributed by atoms with Crippen LogP contribution in [0.5, 0.6) is 5.75 Å². The van der Waals surface area contributed by atoms with Crippen LogP contribution in [0.3, 0.4) is 0 Å². The molecule has 0 radical (unpaired) electrons. The number of para-hydroxylation sites is 2. The van der Waals surface area contributed by atoms with E-state index in [1.807, 2.05) is 35.2 Å². The molecule has 1 unspecified atom stereocenters. The van der Waals surface area contributed by atoms with Crippen LogP contribution in [-0.2, 0) is 16.1 Å². The summed E-state index contributed by atoms with van der Waals surface area (Å²) in [5, 5.41) is 3.06. The van der Waals surface area contributed by atoms with Crippen molar-refractivity contribution in [2.24, 2.45) is 0 Å². The molecule has 0 spiro atoms. The van der Waals surface area contributed by atoms with Gasteiger partial charge in [0.2, 0.25) is 5.76 Å². The molecule has 3 rings (SSSR count). The molecule has 2 aromatic rings. The number of anilines is 1. The zero-order valence-electron chi connectivity index (χ0n) is 17.4. The molecular formula is C22H28N2O5. The molecule has 0 bridgehead atoms. The molecule has 7 nitrogen and oxygen atoms in total. The van der Waals surface area contributed by atoms with E-state index in [0.717, 1.165) is 24.1 Å². The molecule has 1 aromatic heterocycles. The Hall–Kier alpha value is -2.96. The summed E-state index contributed by atoms with van der Waals surface area (Å²) in [5.41, 5.74) is 1.60. The fourth-order valence-electron chi connectivity index (χ4n) is 3.49. The number of rotatable bonds is 7.